The zero-order chi connectivity index (χ0) is 14.1. The van der Waals surface area contributed by atoms with Crippen LogP contribution in [0.1, 0.15) is 28.6 Å². The van der Waals surface area contributed by atoms with Crippen LogP contribution in [0, 0.1) is 13.8 Å². The summed E-state index contributed by atoms with van der Waals surface area (Å²) >= 11 is 0. The highest BCUT2D eigenvalue weighted by Gasteiger charge is 2.26. The number of carbonyl (C=O) groups is 1. The van der Waals surface area contributed by atoms with E-state index in [-0.39, 0.29) is 11.9 Å². The van der Waals surface area contributed by atoms with Gasteiger partial charge in [-0.3, -0.25) is 9.89 Å². The summed E-state index contributed by atoms with van der Waals surface area (Å²) in [5.74, 6) is -0.0373. The molecule has 3 N–H and O–H groups in total. The van der Waals surface area contributed by atoms with Gasteiger partial charge in [0, 0.05) is 6.54 Å². The summed E-state index contributed by atoms with van der Waals surface area (Å²) < 4.78 is 0. The van der Waals surface area contributed by atoms with E-state index >= 15 is 0 Å². The summed E-state index contributed by atoms with van der Waals surface area (Å²) in [6, 6.07) is 7.80. The highest BCUT2D eigenvalue weighted by molar-refractivity contribution is 5.96. The van der Waals surface area contributed by atoms with Crippen molar-refractivity contribution in [2.45, 2.75) is 26.3 Å². The Morgan fingerprint density at radius 3 is 2.90 bits per heavy atom. The van der Waals surface area contributed by atoms with Crippen LogP contribution < -0.4 is 10.6 Å². The van der Waals surface area contributed by atoms with Gasteiger partial charge in [-0.1, -0.05) is 24.3 Å². The molecule has 0 saturated heterocycles. The van der Waals surface area contributed by atoms with Crippen LogP contribution in [0.5, 0.6) is 0 Å². The number of anilines is 1. The molecule has 1 aliphatic rings. The van der Waals surface area contributed by atoms with Crippen LogP contribution in [-0.2, 0) is 11.2 Å². The first-order valence-corrected chi connectivity index (χ1v) is 6.80. The van der Waals surface area contributed by atoms with Crippen molar-refractivity contribution in [1.82, 2.24) is 15.5 Å². The Morgan fingerprint density at radius 2 is 2.15 bits per heavy atom. The summed E-state index contributed by atoms with van der Waals surface area (Å²) in [5, 5.41) is 13.2. The topological polar surface area (TPSA) is 69.8 Å². The molecule has 1 aromatic carbocycles. The maximum atomic E-state index is 12.5. The molecule has 5 nitrogen and oxygen atoms in total. The fourth-order valence-electron chi connectivity index (χ4n) is 2.67. The summed E-state index contributed by atoms with van der Waals surface area (Å²) in [6.07, 6.45) is 0.962. The molecule has 5 heteroatoms. The molecule has 0 saturated carbocycles. The minimum absolute atomic E-state index is 0.0373. The summed E-state index contributed by atoms with van der Waals surface area (Å²) in [4.78, 5) is 12.5. The molecule has 2 aromatic rings. The van der Waals surface area contributed by atoms with Crippen molar-refractivity contribution in [3.8, 4) is 0 Å². The Labute approximate surface area is 117 Å². The SMILES string of the molecule is Cc1n[nH]c(C)c1NC(=O)C1NCCc2ccccc21. The van der Waals surface area contributed by atoms with Crippen molar-refractivity contribution in [2.24, 2.45) is 0 Å². The zero-order valence-electron chi connectivity index (χ0n) is 11.7. The van der Waals surface area contributed by atoms with Crippen LogP contribution in [-0.4, -0.2) is 22.6 Å². The highest BCUT2D eigenvalue weighted by Crippen LogP contribution is 2.25. The molecule has 0 fully saturated rings. The number of hydrogen-bond donors (Lipinski definition) is 3. The van der Waals surface area contributed by atoms with Crippen LogP contribution in [0.2, 0.25) is 0 Å². The van der Waals surface area contributed by atoms with E-state index < -0.39 is 0 Å². The molecule has 0 spiro atoms. The molecule has 1 unspecified atom stereocenters. The molecule has 1 aliphatic heterocycles. The van der Waals surface area contributed by atoms with Crippen molar-refractivity contribution in [3.63, 3.8) is 0 Å². The number of amides is 1. The third-order valence-corrected chi connectivity index (χ3v) is 3.75. The molecular weight excluding hydrogens is 252 g/mol. The van der Waals surface area contributed by atoms with Gasteiger partial charge in [0.25, 0.3) is 0 Å². The Kier molecular flexibility index (Phi) is 3.28. The number of aromatic amines is 1. The van der Waals surface area contributed by atoms with Gasteiger partial charge < -0.3 is 10.6 Å². The molecule has 0 aliphatic carbocycles. The molecule has 0 radical (unpaired) electrons. The van der Waals surface area contributed by atoms with Gasteiger partial charge in [0.15, 0.2) is 0 Å². The molecule has 20 heavy (non-hydrogen) atoms. The normalized spacial score (nSPS) is 17.6. The largest absolute Gasteiger partial charge is 0.321 e. The van der Waals surface area contributed by atoms with Gasteiger partial charge in [-0.15, -0.1) is 0 Å². The van der Waals surface area contributed by atoms with Gasteiger partial charge in [0.1, 0.15) is 6.04 Å². The van der Waals surface area contributed by atoms with Crippen molar-refractivity contribution in [3.05, 3.63) is 46.8 Å². The predicted molar refractivity (Wildman–Crippen MR) is 77.6 cm³/mol. The number of H-pyrrole nitrogens is 1. The lowest BCUT2D eigenvalue weighted by molar-refractivity contribution is -0.118. The molecule has 3 rings (SSSR count). The molecule has 0 bridgehead atoms. The van der Waals surface area contributed by atoms with Crippen molar-refractivity contribution in [1.29, 1.82) is 0 Å². The maximum Gasteiger partial charge on any atom is 0.246 e. The standard InChI is InChI=1S/C15H18N4O/c1-9-13(10(2)19-18-9)17-15(20)14-12-6-4-3-5-11(12)7-8-16-14/h3-6,14,16H,7-8H2,1-2H3,(H,17,20)(H,18,19). The Bertz CT molecular complexity index is 628. The fraction of sp³-hybridized carbons (Fsp3) is 0.333. The summed E-state index contributed by atoms with van der Waals surface area (Å²) in [7, 11) is 0. The third kappa shape index (κ3) is 2.20. The first-order chi connectivity index (χ1) is 9.66. The third-order valence-electron chi connectivity index (χ3n) is 3.75. The first kappa shape index (κ1) is 12.9. The number of fused-ring (bicyclic) bond motifs is 1. The van der Waals surface area contributed by atoms with Gasteiger partial charge >= 0.3 is 0 Å². The van der Waals surface area contributed by atoms with E-state index in [0.717, 1.165) is 35.6 Å². The number of aryl methyl sites for hydroxylation is 2. The maximum absolute atomic E-state index is 12.5. The van der Waals surface area contributed by atoms with E-state index in [1.807, 2.05) is 32.0 Å². The smallest absolute Gasteiger partial charge is 0.246 e. The summed E-state index contributed by atoms with van der Waals surface area (Å²) in [5.41, 5.74) is 4.77. The van der Waals surface area contributed by atoms with Gasteiger partial charge in [-0.2, -0.15) is 5.10 Å². The number of benzene rings is 1. The van der Waals surface area contributed by atoms with E-state index in [1.54, 1.807) is 0 Å². The van der Waals surface area contributed by atoms with E-state index in [0.29, 0.717) is 0 Å². The second-order valence-electron chi connectivity index (χ2n) is 5.13. The monoisotopic (exact) mass is 270 g/mol. The number of carbonyl (C=O) groups excluding carboxylic acids is 1. The average molecular weight is 270 g/mol. The van der Waals surface area contributed by atoms with Gasteiger partial charge in [-0.25, -0.2) is 0 Å². The Balaban J connectivity index is 1.86. The first-order valence-electron chi connectivity index (χ1n) is 6.80. The molecule has 104 valence electrons. The predicted octanol–water partition coefficient (Wildman–Crippen LogP) is 1.85. The molecular formula is C15H18N4O. The lowest BCUT2D eigenvalue weighted by atomic mass is 9.94. The molecule has 2 heterocycles. The van der Waals surface area contributed by atoms with Gasteiger partial charge in [0.05, 0.1) is 17.1 Å². The fourth-order valence-corrected chi connectivity index (χ4v) is 2.67. The second-order valence-corrected chi connectivity index (χ2v) is 5.13. The van der Waals surface area contributed by atoms with Gasteiger partial charge in [-0.05, 0) is 31.4 Å². The quantitative estimate of drug-likeness (QED) is 0.780. The Morgan fingerprint density at radius 1 is 1.35 bits per heavy atom. The van der Waals surface area contributed by atoms with Crippen LogP contribution in [0.4, 0.5) is 5.69 Å². The molecule has 1 atom stereocenters. The summed E-state index contributed by atoms with van der Waals surface area (Å²) in [6.45, 7) is 4.59. The zero-order valence-corrected chi connectivity index (χ0v) is 11.7. The average Bonchev–Trinajstić information content (AvgIpc) is 2.78. The van der Waals surface area contributed by atoms with E-state index in [4.69, 9.17) is 0 Å². The van der Waals surface area contributed by atoms with Crippen molar-refractivity contribution in [2.75, 3.05) is 11.9 Å². The Hall–Kier alpha value is -2.14. The molecule has 1 aromatic heterocycles. The second kappa shape index (κ2) is 5.09. The van der Waals surface area contributed by atoms with Crippen molar-refractivity contribution >= 4 is 11.6 Å². The number of nitrogens with zero attached hydrogens (tertiary/aromatic N) is 1. The van der Waals surface area contributed by atoms with Gasteiger partial charge in [0.2, 0.25) is 5.91 Å². The van der Waals surface area contributed by atoms with E-state index in [2.05, 4.69) is 26.9 Å². The highest BCUT2D eigenvalue weighted by atomic mass is 16.2. The number of hydrogen-bond acceptors (Lipinski definition) is 3. The van der Waals surface area contributed by atoms with Crippen LogP contribution in [0.25, 0.3) is 0 Å². The number of rotatable bonds is 2. The number of nitrogens with one attached hydrogen (secondary N) is 3. The van der Waals surface area contributed by atoms with Crippen LogP contribution >= 0.6 is 0 Å². The lowest BCUT2D eigenvalue weighted by Gasteiger charge is -2.26. The minimum Gasteiger partial charge on any atom is -0.321 e. The van der Waals surface area contributed by atoms with Crippen LogP contribution in [0.3, 0.4) is 0 Å². The van der Waals surface area contributed by atoms with E-state index in [9.17, 15) is 4.79 Å². The molecule has 1 amide bonds. The van der Waals surface area contributed by atoms with E-state index in [1.165, 1.54) is 5.56 Å². The van der Waals surface area contributed by atoms with Crippen LogP contribution in [0.15, 0.2) is 24.3 Å². The van der Waals surface area contributed by atoms with Crippen molar-refractivity contribution < 1.29 is 4.79 Å². The lowest BCUT2D eigenvalue weighted by Crippen LogP contribution is -2.38. The minimum atomic E-state index is -0.298. The number of aromatic nitrogens is 2.